The van der Waals surface area contributed by atoms with Crippen LogP contribution in [0.2, 0.25) is 0 Å². The molecule has 0 saturated carbocycles. The van der Waals surface area contributed by atoms with Crippen molar-refractivity contribution in [2.75, 3.05) is 6.61 Å². The van der Waals surface area contributed by atoms with E-state index in [2.05, 4.69) is 22.6 Å². The van der Waals surface area contributed by atoms with Crippen LogP contribution in [0.4, 0.5) is 74.6 Å². The first-order chi connectivity index (χ1) is 16.4. The van der Waals surface area contributed by atoms with Gasteiger partial charge in [-0.3, -0.25) is 0 Å². The maximum atomic E-state index is 14.6. The lowest BCUT2D eigenvalue weighted by atomic mass is 9.83. The van der Waals surface area contributed by atoms with Crippen molar-refractivity contribution >= 4 is 11.9 Å². The standard InChI is InChI=1S/C17H11F17O4/c1-4-7(35)37-6-9(3,38-8(36)5-2)10(18,19)11(20,21)12(22,23)13(24,25)14(26,27)15(28,29)16(30,31)17(32,33)34/h4-5H,1-2,6H2,3H3. The van der Waals surface area contributed by atoms with Crippen LogP contribution in [0.3, 0.4) is 0 Å². The van der Waals surface area contributed by atoms with Crippen LogP contribution in [0.5, 0.6) is 0 Å². The van der Waals surface area contributed by atoms with Gasteiger partial charge in [0.2, 0.25) is 5.60 Å². The summed E-state index contributed by atoms with van der Waals surface area (Å²) in [5.41, 5.74) is -4.78. The van der Waals surface area contributed by atoms with Gasteiger partial charge in [0.15, 0.2) is 0 Å². The highest BCUT2D eigenvalue weighted by molar-refractivity contribution is 5.82. The Morgan fingerprint density at radius 1 is 0.553 bits per heavy atom. The van der Waals surface area contributed by atoms with Crippen LogP contribution in [-0.4, -0.2) is 71.8 Å². The van der Waals surface area contributed by atoms with Gasteiger partial charge < -0.3 is 9.47 Å². The Morgan fingerprint density at radius 3 is 1.13 bits per heavy atom. The number of alkyl halides is 17. The second kappa shape index (κ2) is 9.76. The lowest BCUT2D eigenvalue weighted by molar-refractivity contribution is -0.466. The zero-order chi connectivity index (χ0) is 31.2. The van der Waals surface area contributed by atoms with Crippen molar-refractivity contribution in [3.63, 3.8) is 0 Å². The number of halogens is 17. The molecule has 38 heavy (non-hydrogen) atoms. The van der Waals surface area contributed by atoms with E-state index in [0.717, 1.165) is 0 Å². The highest BCUT2D eigenvalue weighted by Crippen LogP contribution is 2.65. The molecule has 0 heterocycles. The summed E-state index contributed by atoms with van der Waals surface area (Å²) < 4.78 is 236. The summed E-state index contributed by atoms with van der Waals surface area (Å²) in [7, 11) is 0. The molecule has 0 amide bonds. The Morgan fingerprint density at radius 2 is 0.842 bits per heavy atom. The van der Waals surface area contributed by atoms with Gasteiger partial charge in [0, 0.05) is 12.2 Å². The lowest BCUT2D eigenvalue weighted by Crippen LogP contribution is -2.76. The van der Waals surface area contributed by atoms with E-state index >= 15 is 0 Å². The van der Waals surface area contributed by atoms with Crippen LogP contribution in [-0.2, 0) is 19.1 Å². The number of carbonyl (C=O) groups excluding carboxylic acids is 2. The molecule has 0 aromatic heterocycles. The van der Waals surface area contributed by atoms with E-state index in [-0.39, 0.29) is 12.2 Å². The molecule has 0 aliphatic rings. The summed E-state index contributed by atoms with van der Waals surface area (Å²) in [5.74, 6) is -62.8. The molecule has 0 aliphatic heterocycles. The molecule has 1 unspecified atom stereocenters. The number of hydrogen-bond donors (Lipinski definition) is 0. The number of esters is 2. The minimum absolute atomic E-state index is 0.0816. The summed E-state index contributed by atoms with van der Waals surface area (Å²) in [6.45, 7) is 2.15. The van der Waals surface area contributed by atoms with E-state index in [1.807, 2.05) is 0 Å². The minimum atomic E-state index is -8.83. The zero-order valence-electron chi connectivity index (χ0n) is 17.8. The molecular formula is C17H11F17O4. The van der Waals surface area contributed by atoms with Crippen LogP contribution in [0.15, 0.2) is 25.3 Å². The predicted molar refractivity (Wildman–Crippen MR) is 86.5 cm³/mol. The minimum Gasteiger partial charge on any atom is -0.458 e. The molecule has 0 saturated heterocycles. The molecular weight excluding hydrogens is 591 g/mol. The van der Waals surface area contributed by atoms with Gasteiger partial charge in [-0.1, -0.05) is 13.2 Å². The second-order valence-electron chi connectivity index (χ2n) is 7.19. The van der Waals surface area contributed by atoms with Gasteiger partial charge in [-0.25, -0.2) is 9.59 Å². The van der Waals surface area contributed by atoms with Gasteiger partial charge in [-0.15, -0.1) is 0 Å². The van der Waals surface area contributed by atoms with Crippen molar-refractivity contribution in [2.24, 2.45) is 0 Å². The van der Waals surface area contributed by atoms with E-state index in [1.54, 1.807) is 0 Å². The maximum Gasteiger partial charge on any atom is 0.460 e. The molecule has 1 atom stereocenters. The Kier molecular flexibility index (Phi) is 9.05. The SMILES string of the molecule is C=CC(=O)OCC(C)(OC(=O)C=C)C(F)(F)C(F)(F)C(F)(F)C(F)(F)C(F)(F)C(F)(F)C(F)(F)C(F)(F)F. The number of ether oxygens (including phenoxy) is 2. The zero-order valence-corrected chi connectivity index (χ0v) is 17.8. The maximum absolute atomic E-state index is 14.6. The third kappa shape index (κ3) is 4.87. The normalized spacial score (nSPS) is 16.4. The van der Waals surface area contributed by atoms with Crippen molar-refractivity contribution in [3.05, 3.63) is 25.3 Å². The van der Waals surface area contributed by atoms with Gasteiger partial charge >= 0.3 is 59.6 Å². The predicted octanol–water partition coefficient (Wildman–Crippen LogP) is 6.21. The second-order valence-corrected chi connectivity index (χ2v) is 7.19. The van der Waals surface area contributed by atoms with Crippen molar-refractivity contribution < 1.29 is 93.7 Å². The molecule has 0 fully saturated rings. The van der Waals surface area contributed by atoms with Gasteiger partial charge in [0.1, 0.15) is 6.61 Å². The molecule has 222 valence electrons. The van der Waals surface area contributed by atoms with Gasteiger partial charge in [0.05, 0.1) is 0 Å². The highest BCUT2D eigenvalue weighted by Gasteiger charge is 2.96. The number of hydrogen-bond acceptors (Lipinski definition) is 4. The van der Waals surface area contributed by atoms with Crippen molar-refractivity contribution in [3.8, 4) is 0 Å². The van der Waals surface area contributed by atoms with E-state index in [1.165, 1.54) is 0 Å². The fourth-order valence-electron chi connectivity index (χ4n) is 2.21. The Hall–Kier alpha value is -2.77. The molecule has 0 N–H and O–H groups in total. The van der Waals surface area contributed by atoms with Gasteiger partial charge in [-0.2, -0.15) is 74.6 Å². The molecule has 0 aromatic rings. The van der Waals surface area contributed by atoms with Crippen LogP contribution >= 0.6 is 0 Å². The monoisotopic (exact) mass is 602 g/mol. The Labute approximate surface area is 199 Å². The van der Waals surface area contributed by atoms with Crippen molar-refractivity contribution in [1.82, 2.24) is 0 Å². The number of carbonyl (C=O) groups is 2. The van der Waals surface area contributed by atoms with Crippen LogP contribution in [0.25, 0.3) is 0 Å². The first-order valence-corrected chi connectivity index (χ1v) is 8.77. The summed E-state index contributed by atoms with van der Waals surface area (Å²) in [6.07, 6.45) is -7.97. The van der Waals surface area contributed by atoms with Gasteiger partial charge in [-0.05, 0) is 6.92 Å². The van der Waals surface area contributed by atoms with Crippen LogP contribution in [0.1, 0.15) is 6.92 Å². The largest absolute Gasteiger partial charge is 0.460 e. The average molecular weight is 602 g/mol. The Bertz CT molecular complexity index is 937. The molecule has 0 rings (SSSR count). The molecule has 21 heteroatoms. The molecule has 0 aromatic carbocycles. The number of rotatable bonds is 12. The molecule has 4 nitrogen and oxygen atoms in total. The van der Waals surface area contributed by atoms with E-state index < -0.39 is 78.7 Å². The average Bonchev–Trinajstić information content (AvgIpc) is 2.75. The summed E-state index contributed by atoms with van der Waals surface area (Å²) >= 11 is 0. The van der Waals surface area contributed by atoms with Gasteiger partial charge in [0.25, 0.3) is 0 Å². The fraction of sp³-hybridized carbons (Fsp3) is 0.647. The summed E-state index contributed by atoms with van der Waals surface area (Å²) in [5, 5.41) is 0. The quantitative estimate of drug-likeness (QED) is 0.152. The third-order valence-corrected chi connectivity index (χ3v) is 4.54. The lowest BCUT2D eigenvalue weighted by Gasteiger charge is -2.45. The smallest absolute Gasteiger partial charge is 0.458 e. The summed E-state index contributed by atoms with van der Waals surface area (Å²) in [6, 6.07) is 0. The fourth-order valence-corrected chi connectivity index (χ4v) is 2.21. The first-order valence-electron chi connectivity index (χ1n) is 8.77. The van der Waals surface area contributed by atoms with Crippen LogP contribution < -0.4 is 0 Å². The third-order valence-electron chi connectivity index (χ3n) is 4.54. The van der Waals surface area contributed by atoms with E-state index in [4.69, 9.17) is 0 Å². The van der Waals surface area contributed by atoms with Crippen molar-refractivity contribution in [1.29, 1.82) is 0 Å². The Balaban J connectivity index is 7.13. The first kappa shape index (κ1) is 35.2. The molecule has 0 aliphatic carbocycles. The van der Waals surface area contributed by atoms with Crippen molar-refractivity contribution in [2.45, 2.75) is 60.2 Å². The highest BCUT2D eigenvalue weighted by atomic mass is 19.4. The van der Waals surface area contributed by atoms with E-state index in [9.17, 15) is 84.2 Å². The summed E-state index contributed by atoms with van der Waals surface area (Å²) in [4.78, 5) is 22.2. The molecule has 0 spiro atoms. The topological polar surface area (TPSA) is 52.6 Å². The molecule has 0 bridgehead atoms. The molecule has 0 radical (unpaired) electrons. The van der Waals surface area contributed by atoms with E-state index in [0.29, 0.717) is 0 Å². The van der Waals surface area contributed by atoms with Crippen LogP contribution in [0, 0.1) is 0 Å².